The monoisotopic (exact) mass is 581 g/mol. The Morgan fingerprint density at radius 1 is 1.07 bits per heavy atom. The van der Waals surface area contributed by atoms with Gasteiger partial charge in [0.25, 0.3) is 0 Å². The molecule has 224 valence electrons. The van der Waals surface area contributed by atoms with Gasteiger partial charge in [0.05, 0.1) is 34.8 Å². The molecule has 0 unspecified atom stereocenters. The highest BCUT2D eigenvalue weighted by atomic mass is 19.1. The molecule has 1 saturated heterocycles. The van der Waals surface area contributed by atoms with Crippen LogP contribution in [0.4, 0.5) is 21.6 Å². The van der Waals surface area contributed by atoms with Gasteiger partial charge in [0, 0.05) is 42.1 Å². The average Bonchev–Trinajstić information content (AvgIpc) is 3.58. The Hall–Kier alpha value is -3.85. The first-order valence-electron chi connectivity index (χ1n) is 15.4. The normalized spacial score (nSPS) is 22.8. The standard InChI is InChI=1S/C34H40FN7O/c1-20(2)41-19-37-28-16-27(39-31(30(28)41)38-26-9-11-36-17-25(26)35)21-7-8-24-29(13-21)42(32(43)34(24,5)6)23-14-22(15-23)40-12-10-33(3,4)18-40/h7-9,11,13,16-17,19-20,22-23H,10,12,14-15,18H2,1-6H3,(H,36,38,39)/t22-,23+. The Morgan fingerprint density at radius 3 is 2.56 bits per heavy atom. The molecule has 0 bridgehead atoms. The SMILES string of the molecule is CC(C)n1cnc2cc(-c3ccc4c(c3)N([C@H]3C[C@@H](N5CCC(C)(C)C5)C3)C(=O)C4(C)C)nc(Nc3ccncc3F)c21. The molecule has 1 aromatic carbocycles. The van der Waals surface area contributed by atoms with Crippen LogP contribution in [0.2, 0.25) is 0 Å². The van der Waals surface area contributed by atoms with Gasteiger partial charge in [-0.2, -0.15) is 0 Å². The van der Waals surface area contributed by atoms with Gasteiger partial charge >= 0.3 is 0 Å². The molecular weight excluding hydrogens is 541 g/mol. The van der Waals surface area contributed by atoms with Crippen molar-refractivity contribution in [3.05, 3.63) is 60.4 Å². The zero-order chi connectivity index (χ0) is 30.3. The summed E-state index contributed by atoms with van der Waals surface area (Å²) in [5.74, 6) is 0.232. The van der Waals surface area contributed by atoms with Gasteiger partial charge in [-0.25, -0.2) is 14.4 Å². The number of carbonyl (C=O) groups excluding carboxylic acids is 1. The van der Waals surface area contributed by atoms with Crippen molar-refractivity contribution in [2.24, 2.45) is 5.41 Å². The van der Waals surface area contributed by atoms with E-state index >= 15 is 0 Å². The third-order valence-electron chi connectivity index (χ3n) is 9.79. The van der Waals surface area contributed by atoms with Crippen LogP contribution in [0.15, 0.2) is 49.1 Å². The van der Waals surface area contributed by atoms with Crippen molar-refractivity contribution in [3.63, 3.8) is 0 Å². The second-order valence-electron chi connectivity index (χ2n) is 14.1. The number of anilines is 3. The van der Waals surface area contributed by atoms with E-state index in [0.717, 1.165) is 53.8 Å². The van der Waals surface area contributed by atoms with Crippen LogP contribution in [-0.4, -0.2) is 55.5 Å². The number of benzene rings is 1. The van der Waals surface area contributed by atoms with Crippen LogP contribution in [-0.2, 0) is 10.2 Å². The molecule has 1 amide bonds. The number of hydrogen-bond acceptors (Lipinski definition) is 6. The van der Waals surface area contributed by atoms with Gasteiger partial charge in [0.2, 0.25) is 5.91 Å². The number of carbonyl (C=O) groups is 1. The molecule has 0 radical (unpaired) electrons. The molecule has 2 fully saturated rings. The Kier molecular flexibility index (Phi) is 6.40. The van der Waals surface area contributed by atoms with Gasteiger partial charge in [-0.15, -0.1) is 0 Å². The predicted octanol–water partition coefficient (Wildman–Crippen LogP) is 6.84. The van der Waals surface area contributed by atoms with E-state index in [9.17, 15) is 9.18 Å². The lowest BCUT2D eigenvalue weighted by Crippen LogP contribution is -2.56. The summed E-state index contributed by atoms with van der Waals surface area (Å²) in [7, 11) is 0. The molecule has 4 aromatic rings. The zero-order valence-corrected chi connectivity index (χ0v) is 25.9. The van der Waals surface area contributed by atoms with Crippen molar-refractivity contribution in [1.29, 1.82) is 0 Å². The van der Waals surface area contributed by atoms with Crippen molar-refractivity contribution >= 4 is 34.1 Å². The number of imidazole rings is 1. The Morgan fingerprint density at radius 2 is 1.86 bits per heavy atom. The van der Waals surface area contributed by atoms with Crippen LogP contribution in [0.3, 0.4) is 0 Å². The summed E-state index contributed by atoms with van der Waals surface area (Å²) in [6, 6.07) is 10.7. The van der Waals surface area contributed by atoms with Gasteiger partial charge in [-0.3, -0.25) is 14.7 Å². The number of amides is 1. The largest absolute Gasteiger partial charge is 0.336 e. The predicted molar refractivity (Wildman–Crippen MR) is 168 cm³/mol. The molecule has 1 aliphatic carbocycles. The smallest absolute Gasteiger partial charge is 0.237 e. The van der Waals surface area contributed by atoms with Crippen molar-refractivity contribution in [3.8, 4) is 11.3 Å². The highest BCUT2D eigenvalue weighted by molar-refractivity contribution is 6.08. The highest BCUT2D eigenvalue weighted by Crippen LogP contribution is 2.48. The molecule has 9 heteroatoms. The molecule has 5 heterocycles. The van der Waals surface area contributed by atoms with Gasteiger partial charge in [0.15, 0.2) is 11.6 Å². The fraction of sp³-hybridized carbons (Fsp3) is 0.471. The summed E-state index contributed by atoms with van der Waals surface area (Å²) < 4.78 is 16.7. The summed E-state index contributed by atoms with van der Waals surface area (Å²) >= 11 is 0. The van der Waals surface area contributed by atoms with Crippen molar-refractivity contribution in [2.75, 3.05) is 23.3 Å². The molecule has 0 spiro atoms. The van der Waals surface area contributed by atoms with E-state index in [2.05, 4.69) is 64.9 Å². The summed E-state index contributed by atoms with van der Waals surface area (Å²) in [5, 5.41) is 3.21. The number of nitrogens with one attached hydrogen (secondary N) is 1. The van der Waals surface area contributed by atoms with Gasteiger partial charge in [-0.1, -0.05) is 26.0 Å². The second kappa shape index (κ2) is 9.84. The van der Waals surface area contributed by atoms with E-state index in [0.29, 0.717) is 28.7 Å². The molecule has 7 rings (SSSR count). The van der Waals surface area contributed by atoms with Crippen LogP contribution >= 0.6 is 0 Å². The van der Waals surface area contributed by atoms with E-state index in [1.54, 1.807) is 18.6 Å². The summed E-state index contributed by atoms with van der Waals surface area (Å²) in [5.41, 5.74) is 5.28. The maximum absolute atomic E-state index is 14.6. The summed E-state index contributed by atoms with van der Waals surface area (Å²) in [6.45, 7) is 15.2. The molecule has 3 aromatic heterocycles. The maximum Gasteiger partial charge on any atom is 0.237 e. The minimum absolute atomic E-state index is 0.139. The number of pyridine rings is 2. The highest BCUT2D eigenvalue weighted by Gasteiger charge is 2.51. The molecule has 2 aliphatic heterocycles. The van der Waals surface area contributed by atoms with E-state index in [-0.39, 0.29) is 18.0 Å². The molecular formula is C34H40FN7O. The maximum atomic E-state index is 14.6. The number of likely N-dealkylation sites (tertiary alicyclic amines) is 1. The van der Waals surface area contributed by atoms with Gasteiger partial charge in [0.1, 0.15) is 5.52 Å². The third kappa shape index (κ3) is 4.60. The first-order valence-corrected chi connectivity index (χ1v) is 15.4. The number of halogens is 1. The fourth-order valence-electron chi connectivity index (χ4n) is 7.13. The molecule has 1 saturated carbocycles. The number of fused-ring (bicyclic) bond motifs is 2. The van der Waals surface area contributed by atoms with E-state index < -0.39 is 11.2 Å². The Labute approximate surface area is 252 Å². The van der Waals surface area contributed by atoms with Crippen LogP contribution in [0.5, 0.6) is 0 Å². The third-order valence-corrected chi connectivity index (χ3v) is 9.79. The molecule has 0 atom stereocenters. The fourth-order valence-corrected chi connectivity index (χ4v) is 7.13. The lowest BCUT2D eigenvalue weighted by molar-refractivity contribution is -0.123. The quantitative estimate of drug-likeness (QED) is 0.269. The van der Waals surface area contributed by atoms with Crippen molar-refractivity contribution < 1.29 is 9.18 Å². The first kappa shape index (κ1) is 28.0. The van der Waals surface area contributed by atoms with Crippen molar-refractivity contribution in [2.45, 2.75) is 84.3 Å². The molecule has 43 heavy (non-hydrogen) atoms. The molecule has 3 aliphatic rings. The topological polar surface area (TPSA) is 79.2 Å². The van der Waals surface area contributed by atoms with E-state index in [1.807, 2.05) is 30.5 Å². The summed E-state index contributed by atoms with van der Waals surface area (Å²) in [4.78, 5) is 32.1. The van der Waals surface area contributed by atoms with E-state index in [1.165, 1.54) is 12.6 Å². The molecule has 8 nitrogen and oxygen atoms in total. The number of aromatic nitrogens is 4. The van der Waals surface area contributed by atoms with Crippen LogP contribution in [0.1, 0.15) is 72.4 Å². The van der Waals surface area contributed by atoms with Crippen LogP contribution in [0, 0.1) is 11.2 Å². The molecule has 1 N–H and O–H groups in total. The Balaban J connectivity index is 1.26. The van der Waals surface area contributed by atoms with Gasteiger partial charge in [-0.05, 0) is 82.7 Å². The average molecular weight is 582 g/mol. The minimum atomic E-state index is -0.590. The van der Waals surface area contributed by atoms with E-state index in [4.69, 9.17) is 4.98 Å². The zero-order valence-electron chi connectivity index (χ0n) is 25.9. The number of nitrogens with zero attached hydrogens (tertiary/aromatic N) is 6. The lowest BCUT2D eigenvalue weighted by Gasteiger charge is -2.46. The second-order valence-corrected chi connectivity index (χ2v) is 14.1. The summed E-state index contributed by atoms with van der Waals surface area (Å²) in [6.07, 6.45) is 7.78. The first-order chi connectivity index (χ1) is 20.4. The van der Waals surface area contributed by atoms with Crippen LogP contribution < -0.4 is 10.2 Å². The van der Waals surface area contributed by atoms with Gasteiger partial charge < -0.3 is 14.8 Å². The Bertz CT molecular complexity index is 1740. The number of hydrogen-bond donors (Lipinski definition) is 1. The lowest BCUT2D eigenvalue weighted by atomic mass is 9.83. The van der Waals surface area contributed by atoms with Crippen molar-refractivity contribution in [1.82, 2.24) is 24.4 Å². The van der Waals surface area contributed by atoms with Crippen LogP contribution in [0.25, 0.3) is 22.3 Å². The number of rotatable bonds is 6. The minimum Gasteiger partial charge on any atom is -0.336 e.